The summed E-state index contributed by atoms with van der Waals surface area (Å²) in [5, 5.41) is 12.2. The zero-order chi connectivity index (χ0) is 17.4. The Balaban J connectivity index is 1.75. The summed E-state index contributed by atoms with van der Waals surface area (Å²) in [5.74, 6) is -0.439. The van der Waals surface area contributed by atoms with Gasteiger partial charge in [0.25, 0.3) is 0 Å². The number of rotatable bonds is 6. The molecule has 0 aliphatic carbocycles. The summed E-state index contributed by atoms with van der Waals surface area (Å²) in [7, 11) is 0. The van der Waals surface area contributed by atoms with Crippen LogP contribution < -0.4 is 5.32 Å². The number of unbranched alkanes of at least 4 members (excludes halogenated alkanes) is 1. The summed E-state index contributed by atoms with van der Waals surface area (Å²) in [6.07, 6.45) is 1.71. The maximum absolute atomic E-state index is 11.8. The lowest BCUT2D eigenvalue weighted by atomic mass is 9.97. The van der Waals surface area contributed by atoms with Gasteiger partial charge in [-0.2, -0.15) is 5.26 Å². The molecule has 0 aromatic heterocycles. The van der Waals surface area contributed by atoms with Crippen molar-refractivity contribution in [2.24, 2.45) is 5.92 Å². The second-order valence-corrected chi connectivity index (χ2v) is 5.93. The van der Waals surface area contributed by atoms with Crippen LogP contribution in [-0.4, -0.2) is 25.3 Å². The first-order valence-corrected chi connectivity index (χ1v) is 8.23. The molecule has 128 valence electrons. The van der Waals surface area contributed by atoms with Crippen LogP contribution in [0.5, 0.6) is 0 Å². The molecule has 6 heteroatoms. The van der Waals surface area contributed by atoms with Gasteiger partial charge in [-0.1, -0.05) is 25.5 Å². The van der Waals surface area contributed by atoms with Crippen molar-refractivity contribution in [3.05, 3.63) is 35.4 Å². The quantitative estimate of drug-likeness (QED) is 0.490. The number of hydrogen-bond acceptors (Lipinski definition) is 6. The third-order valence-electron chi connectivity index (χ3n) is 4.03. The van der Waals surface area contributed by atoms with Crippen molar-refractivity contribution in [2.45, 2.75) is 38.6 Å². The molecule has 24 heavy (non-hydrogen) atoms. The van der Waals surface area contributed by atoms with Gasteiger partial charge >= 0.3 is 12.1 Å². The molecule has 1 aromatic rings. The Hall–Kier alpha value is -2.39. The molecule has 0 bridgehead atoms. The van der Waals surface area contributed by atoms with Crippen molar-refractivity contribution >= 4 is 12.1 Å². The van der Waals surface area contributed by atoms with E-state index in [1.165, 1.54) is 0 Å². The molecule has 0 spiro atoms. The third kappa shape index (κ3) is 5.36. The normalized spacial score (nSPS) is 19.5. The molecule has 1 saturated heterocycles. The Morgan fingerprint density at radius 1 is 1.33 bits per heavy atom. The van der Waals surface area contributed by atoms with Crippen LogP contribution in [0.1, 0.15) is 49.8 Å². The lowest BCUT2D eigenvalue weighted by Crippen LogP contribution is -2.18. The highest BCUT2D eigenvalue weighted by Gasteiger charge is 2.28. The second-order valence-electron chi connectivity index (χ2n) is 5.93. The average molecular weight is 330 g/mol. The number of nitrogens with zero attached hydrogens (tertiary/aromatic N) is 1. The molecule has 0 saturated carbocycles. The summed E-state index contributed by atoms with van der Waals surface area (Å²) >= 11 is 0. The van der Waals surface area contributed by atoms with Crippen molar-refractivity contribution in [3.63, 3.8) is 0 Å². The van der Waals surface area contributed by atoms with E-state index in [-0.39, 0.29) is 25.0 Å². The number of hydrogen-bond donors (Lipinski definition) is 1. The number of nitrogens with one attached hydrogen (secondary N) is 1. The highest BCUT2D eigenvalue weighted by atomic mass is 16.7. The molecule has 1 aliphatic rings. The number of ether oxygens (including phenoxy) is 2. The number of carbonyl (C=O) groups is 2. The molecular weight excluding hydrogens is 308 g/mol. The van der Waals surface area contributed by atoms with Gasteiger partial charge in [-0.25, -0.2) is 4.79 Å². The van der Waals surface area contributed by atoms with Crippen LogP contribution in [-0.2, 0) is 14.3 Å². The standard InChI is InChI=1S/C18H22N2O4/c1-2-3-8-23-18(22)24-17(21)10-14-9-16(20-12-14)15-6-4-13(11-19)5-7-15/h4-7,14,16,20H,2-3,8-10,12H2,1H3. The van der Waals surface area contributed by atoms with E-state index in [0.29, 0.717) is 12.1 Å². The van der Waals surface area contributed by atoms with Crippen LogP contribution in [0.15, 0.2) is 24.3 Å². The highest BCUT2D eigenvalue weighted by Crippen LogP contribution is 2.29. The fourth-order valence-corrected chi connectivity index (χ4v) is 2.71. The number of esters is 1. The molecule has 1 heterocycles. The fourth-order valence-electron chi connectivity index (χ4n) is 2.71. The monoisotopic (exact) mass is 330 g/mol. The van der Waals surface area contributed by atoms with E-state index in [0.717, 1.165) is 24.8 Å². The summed E-state index contributed by atoms with van der Waals surface area (Å²) in [5.41, 5.74) is 1.71. The molecule has 0 amide bonds. The van der Waals surface area contributed by atoms with Crippen LogP contribution in [0.4, 0.5) is 4.79 Å². The molecule has 0 radical (unpaired) electrons. The Kier molecular flexibility index (Phi) is 6.76. The lowest BCUT2D eigenvalue weighted by Gasteiger charge is -2.11. The van der Waals surface area contributed by atoms with Crippen molar-refractivity contribution < 1.29 is 19.1 Å². The molecule has 1 fully saturated rings. The summed E-state index contributed by atoms with van der Waals surface area (Å²) in [6.45, 7) is 2.94. The minimum absolute atomic E-state index is 0.113. The minimum Gasteiger partial charge on any atom is -0.434 e. The van der Waals surface area contributed by atoms with Crippen molar-refractivity contribution in [1.29, 1.82) is 5.26 Å². The van der Waals surface area contributed by atoms with Gasteiger partial charge in [0, 0.05) is 6.04 Å². The molecule has 1 N–H and O–H groups in total. The Morgan fingerprint density at radius 2 is 2.08 bits per heavy atom. The number of carbonyl (C=O) groups excluding carboxylic acids is 2. The summed E-state index contributed by atoms with van der Waals surface area (Å²) < 4.78 is 9.47. The van der Waals surface area contributed by atoms with Crippen molar-refractivity contribution in [3.8, 4) is 6.07 Å². The molecule has 2 unspecified atom stereocenters. The van der Waals surface area contributed by atoms with E-state index >= 15 is 0 Å². The average Bonchev–Trinajstić information content (AvgIpc) is 3.03. The lowest BCUT2D eigenvalue weighted by molar-refractivity contribution is -0.140. The zero-order valence-electron chi connectivity index (χ0n) is 13.8. The smallest absolute Gasteiger partial charge is 0.434 e. The summed E-state index contributed by atoms with van der Waals surface area (Å²) in [4.78, 5) is 23.1. The molecular formula is C18H22N2O4. The van der Waals surface area contributed by atoms with Crippen LogP contribution in [0, 0.1) is 17.2 Å². The van der Waals surface area contributed by atoms with Crippen LogP contribution >= 0.6 is 0 Å². The van der Waals surface area contributed by atoms with E-state index in [9.17, 15) is 9.59 Å². The topological polar surface area (TPSA) is 88.4 Å². The van der Waals surface area contributed by atoms with E-state index in [1.807, 2.05) is 19.1 Å². The van der Waals surface area contributed by atoms with Gasteiger partial charge in [-0.3, -0.25) is 4.79 Å². The largest absolute Gasteiger partial charge is 0.516 e. The molecule has 6 nitrogen and oxygen atoms in total. The Morgan fingerprint density at radius 3 is 2.75 bits per heavy atom. The SMILES string of the molecule is CCCCOC(=O)OC(=O)CC1CNC(c2ccc(C#N)cc2)C1. The van der Waals surface area contributed by atoms with Gasteiger partial charge < -0.3 is 14.8 Å². The molecule has 1 aliphatic heterocycles. The predicted octanol–water partition coefficient (Wildman–Crippen LogP) is 3.08. The Labute approximate surface area is 141 Å². The van der Waals surface area contributed by atoms with Crippen LogP contribution in [0.25, 0.3) is 0 Å². The van der Waals surface area contributed by atoms with Gasteiger partial charge in [0.05, 0.1) is 24.7 Å². The molecule has 2 atom stereocenters. The van der Waals surface area contributed by atoms with Gasteiger partial charge in [0.1, 0.15) is 0 Å². The maximum Gasteiger partial charge on any atom is 0.516 e. The van der Waals surface area contributed by atoms with E-state index in [1.54, 1.807) is 12.1 Å². The maximum atomic E-state index is 11.8. The van der Waals surface area contributed by atoms with E-state index < -0.39 is 12.1 Å². The van der Waals surface area contributed by atoms with E-state index in [4.69, 9.17) is 10.00 Å². The van der Waals surface area contributed by atoms with Crippen LogP contribution in [0.2, 0.25) is 0 Å². The van der Waals surface area contributed by atoms with Gasteiger partial charge in [0.15, 0.2) is 0 Å². The highest BCUT2D eigenvalue weighted by molar-refractivity contribution is 5.81. The van der Waals surface area contributed by atoms with Gasteiger partial charge in [0.2, 0.25) is 0 Å². The van der Waals surface area contributed by atoms with Crippen molar-refractivity contribution in [1.82, 2.24) is 5.32 Å². The van der Waals surface area contributed by atoms with Gasteiger partial charge in [-0.05, 0) is 43.0 Å². The zero-order valence-corrected chi connectivity index (χ0v) is 13.8. The number of nitriles is 1. The fraction of sp³-hybridized carbons (Fsp3) is 0.500. The first kappa shape index (κ1) is 18.0. The second kappa shape index (κ2) is 9.04. The Bertz CT molecular complexity index is 606. The predicted molar refractivity (Wildman–Crippen MR) is 87.0 cm³/mol. The number of benzene rings is 1. The summed E-state index contributed by atoms with van der Waals surface area (Å²) in [6, 6.07) is 9.64. The first-order valence-electron chi connectivity index (χ1n) is 8.23. The van der Waals surface area contributed by atoms with Gasteiger partial charge in [-0.15, -0.1) is 0 Å². The van der Waals surface area contributed by atoms with Crippen LogP contribution in [0.3, 0.4) is 0 Å². The first-order chi connectivity index (χ1) is 11.6. The van der Waals surface area contributed by atoms with Crippen molar-refractivity contribution in [2.75, 3.05) is 13.2 Å². The minimum atomic E-state index is -0.914. The molecule has 1 aromatic carbocycles. The van der Waals surface area contributed by atoms with E-state index in [2.05, 4.69) is 16.1 Å². The molecule has 2 rings (SSSR count). The third-order valence-corrected chi connectivity index (χ3v) is 4.03.